The third-order valence-corrected chi connectivity index (χ3v) is 3.06. The van der Waals surface area contributed by atoms with Crippen molar-refractivity contribution in [2.24, 2.45) is 0 Å². The molecule has 0 saturated heterocycles. The summed E-state index contributed by atoms with van der Waals surface area (Å²) in [6.45, 7) is 0. The minimum absolute atomic E-state index is 0.0128. The largest absolute Gasteiger partial charge is 0.289 e. The minimum Gasteiger partial charge on any atom is -0.289 e. The van der Waals surface area contributed by atoms with Crippen LogP contribution in [0.3, 0.4) is 0 Å². The third-order valence-electron chi connectivity index (χ3n) is 3.06. The van der Waals surface area contributed by atoms with Gasteiger partial charge in [0.05, 0.1) is 0 Å². The van der Waals surface area contributed by atoms with Crippen LogP contribution in [0.15, 0.2) is 47.6 Å². The van der Waals surface area contributed by atoms with Gasteiger partial charge in [-0.3, -0.25) is 9.59 Å². The van der Waals surface area contributed by atoms with Crippen LogP contribution in [0.5, 0.6) is 0 Å². The van der Waals surface area contributed by atoms with Crippen molar-refractivity contribution < 1.29 is 9.59 Å². The van der Waals surface area contributed by atoms with Crippen molar-refractivity contribution in [3.05, 3.63) is 58.7 Å². The Morgan fingerprint density at radius 3 is 1.62 bits per heavy atom. The van der Waals surface area contributed by atoms with Gasteiger partial charge in [-0.15, -0.1) is 0 Å². The van der Waals surface area contributed by atoms with Crippen LogP contribution in [0, 0.1) is 0 Å². The van der Waals surface area contributed by atoms with Crippen LogP contribution in [0.4, 0.5) is 0 Å². The molecular formula is C14H10O2. The molecule has 2 aliphatic carbocycles. The maximum Gasteiger partial charge on any atom is 0.194 e. The van der Waals surface area contributed by atoms with Crippen molar-refractivity contribution in [2.45, 2.75) is 12.8 Å². The van der Waals surface area contributed by atoms with Gasteiger partial charge >= 0.3 is 0 Å². The number of carbonyl (C=O) groups excluding carboxylic acids is 2. The Morgan fingerprint density at radius 2 is 1.19 bits per heavy atom. The Kier molecular flexibility index (Phi) is 1.90. The molecule has 1 aromatic carbocycles. The summed E-state index contributed by atoms with van der Waals surface area (Å²) in [6, 6.07) is 7.04. The Hall–Kier alpha value is -1.96. The van der Waals surface area contributed by atoms with Gasteiger partial charge in [-0.1, -0.05) is 36.4 Å². The van der Waals surface area contributed by atoms with E-state index in [1.165, 1.54) is 0 Å². The lowest BCUT2D eigenvalue weighted by Crippen LogP contribution is -2.23. The molecule has 0 aliphatic heterocycles. The van der Waals surface area contributed by atoms with Crippen LogP contribution in [-0.4, -0.2) is 11.6 Å². The molecule has 3 rings (SSSR count). The van der Waals surface area contributed by atoms with Gasteiger partial charge in [0.2, 0.25) is 0 Å². The summed E-state index contributed by atoms with van der Waals surface area (Å²) in [6.07, 6.45) is 5.46. The zero-order valence-electron chi connectivity index (χ0n) is 8.69. The normalized spacial score (nSPS) is 18.5. The Bertz CT molecular complexity index is 511. The van der Waals surface area contributed by atoms with Gasteiger partial charge in [0.1, 0.15) is 0 Å². The minimum atomic E-state index is -0.0128. The summed E-state index contributed by atoms with van der Waals surface area (Å²) < 4.78 is 0. The topological polar surface area (TPSA) is 34.1 Å². The highest BCUT2D eigenvalue weighted by atomic mass is 16.1. The Morgan fingerprint density at radius 1 is 0.750 bits per heavy atom. The van der Waals surface area contributed by atoms with E-state index in [4.69, 9.17) is 0 Å². The maximum absolute atomic E-state index is 12.1. The summed E-state index contributed by atoms with van der Waals surface area (Å²) in [7, 11) is 0. The van der Waals surface area contributed by atoms with E-state index in [-0.39, 0.29) is 11.6 Å². The van der Waals surface area contributed by atoms with Crippen molar-refractivity contribution in [3.63, 3.8) is 0 Å². The molecule has 0 fully saturated rings. The summed E-state index contributed by atoms with van der Waals surface area (Å²) in [5.41, 5.74) is 2.26. The molecule has 0 heterocycles. The van der Waals surface area contributed by atoms with Crippen LogP contribution in [0.1, 0.15) is 33.6 Å². The quantitative estimate of drug-likeness (QED) is 0.659. The Balaban J connectivity index is 2.29. The number of hydrogen-bond donors (Lipinski definition) is 0. The first-order chi connectivity index (χ1) is 7.79. The molecule has 0 atom stereocenters. The third kappa shape index (κ3) is 1.13. The van der Waals surface area contributed by atoms with Crippen LogP contribution < -0.4 is 0 Å². The van der Waals surface area contributed by atoms with Gasteiger partial charge in [0, 0.05) is 22.3 Å². The van der Waals surface area contributed by atoms with Crippen LogP contribution in [-0.2, 0) is 0 Å². The molecule has 0 N–H and O–H groups in total. The lowest BCUT2D eigenvalue weighted by molar-refractivity contribution is 0.0971. The summed E-state index contributed by atoms with van der Waals surface area (Å²) >= 11 is 0. The number of ketones is 2. The lowest BCUT2D eigenvalue weighted by Gasteiger charge is -2.21. The molecule has 0 amide bonds. The summed E-state index contributed by atoms with van der Waals surface area (Å²) in [5.74, 6) is -0.0256. The average molecular weight is 210 g/mol. The highest BCUT2D eigenvalue weighted by Crippen LogP contribution is 2.32. The number of fused-ring (bicyclic) bond motifs is 2. The molecule has 0 bridgehead atoms. The molecule has 0 spiro atoms. The smallest absolute Gasteiger partial charge is 0.194 e. The molecule has 2 aliphatic rings. The van der Waals surface area contributed by atoms with Gasteiger partial charge in [0.25, 0.3) is 0 Å². The molecule has 78 valence electrons. The van der Waals surface area contributed by atoms with Crippen molar-refractivity contribution >= 4 is 11.6 Å². The van der Waals surface area contributed by atoms with E-state index < -0.39 is 0 Å². The van der Waals surface area contributed by atoms with E-state index in [0.717, 1.165) is 12.8 Å². The molecule has 2 heteroatoms. The fourth-order valence-electron chi connectivity index (χ4n) is 2.27. The van der Waals surface area contributed by atoms with Crippen molar-refractivity contribution in [2.75, 3.05) is 0 Å². The summed E-state index contributed by atoms with van der Waals surface area (Å²) in [5, 5.41) is 0. The zero-order chi connectivity index (χ0) is 11.1. The predicted octanol–water partition coefficient (Wildman–Crippen LogP) is 2.71. The summed E-state index contributed by atoms with van der Waals surface area (Å²) in [4.78, 5) is 24.3. The molecule has 0 aromatic heterocycles. The molecule has 0 saturated carbocycles. The average Bonchev–Trinajstić information content (AvgIpc) is 2.36. The monoisotopic (exact) mass is 210 g/mol. The van der Waals surface area contributed by atoms with Crippen molar-refractivity contribution in [3.8, 4) is 0 Å². The molecular weight excluding hydrogens is 200 g/mol. The highest BCUT2D eigenvalue weighted by molar-refractivity contribution is 6.31. The highest BCUT2D eigenvalue weighted by Gasteiger charge is 2.32. The number of hydrogen-bond acceptors (Lipinski definition) is 2. The SMILES string of the molecule is O=C1C2=CCCC=C2C(=O)c2ccccc21. The van der Waals surface area contributed by atoms with Crippen LogP contribution >= 0.6 is 0 Å². The number of allylic oxidation sites excluding steroid dienone is 4. The van der Waals surface area contributed by atoms with E-state index in [1.54, 1.807) is 24.3 Å². The molecule has 1 aromatic rings. The first-order valence-corrected chi connectivity index (χ1v) is 5.38. The van der Waals surface area contributed by atoms with Gasteiger partial charge in [-0.25, -0.2) is 0 Å². The van der Waals surface area contributed by atoms with Gasteiger partial charge in [-0.2, -0.15) is 0 Å². The Labute approximate surface area is 93.3 Å². The first-order valence-electron chi connectivity index (χ1n) is 5.38. The number of Topliss-reactive ketones (excluding diaryl/α,β-unsaturated/α-hetero) is 2. The maximum atomic E-state index is 12.1. The zero-order valence-corrected chi connectivity index (χ0v) is 8.69. The second-order valence-corrected chi connectivity index (χ2v) is 4.02. The van der Waals surface area contributed by atoms with E-state index >= 15 is 0 Å². The molecule has 2 nitrogen and oxygen atoms in total. The standard InChI is InChI=1S/C14H10O2/c15-13-9-5-1-2-6-10(9)14(16)12-8-4-3-7-11(12)13/h1-2,5-8H,3-4H2. The number of carbonyl (C=O) groups is 2. The number of rotatable bonds is 0. The second-order valence-electron chi connectivity index (χ2n) is 4.02. The van der Waals surface area contributed by atoms with E-state index in [0.29, 0.717) is 22.3 Å². The van der Waals surface area contributed by atoms with E-state index in [2.05, 4.69) is 0 Å². The molecule has 0 unspecified atom stereocenters. The van der Waals surface area contributed by atoms with Crippen LogP contribution in [0.2, 0.25) is 0 Å². The fourth-order valence-corrected chi connectivity index (χ4v) is 2.27. The second kappa shape index (κ2) is 3.27. The molecule has 16 heavy (non-hydrogen) atoms. The number of benzene rings is 1. The van der Waals surface area contributed by atoms with Gasteiger partial charge in [0.15, 0.2) is 11.6 Å². The van der Waals surface area contributed by atoms with Gasteiger partial charge in [-0.05, 0) is 12.8 Å². The van der Waals surface area contributed by atoms with Crippen molar-refractivity contribution in [1.29, 1.82) is 0 Å². The van der Waals surface area contributed by atoms with E-state index in [9.17, 15) is 9.59 Å². The first kappa shape index (κ1) is 9.28. The van der Waals surface area contributed by atoms with E-state index in [1.807, 2.05) is 12.2 Å². The van der Waals surface area contributed by atoms with Crippen molar-refractivity contribution in [1.82, 2.24) is 0 Å². The predicted molar refractivity (Wildman–Crippen MR) is 60.5 cm³/mol. The van der Waals surface area contributed by atoms with Gasteiger partial charge < -0.3 is 0 Å². The van der Waals surface area contributed by atoms with Crippen LogP contribution in [0.25, 0.3) is 0 Å². The fraction of sp³-hybridized carbons (Fsp3) is 0.143. The molecule has 0 radical (unpaired) electrons. The lowest BCUT2D eigenvalue weighted by atomic mass is 9.79.